The van der Waals surface area contributed by atoms with Gasteiger partial charge in [0.05, 0.1) is 30.9 Å². The minimum Gasteiger partial charge on any atom is -0.410 e. The van der Waals surface area contributed by atoms with Gasteiger partial charge in [0.15, 0.2) is 8.32 Å². The lowest BCUT2D eigenvalue weighted by Crippen LogP contribution is -2.52. The van der Waals surface area contributed by atoms with Gasteiger partial charge in [-0.2, -0.15) is 0 Å². The third-order valence-corrected chi connectivity index (χ3v) is 8.55. The lowest BCUT2D eigenvalue weighted by Gasteiger charge is -2.40. The number of aliphatic hydroxyl groups is 1. The standard InChI is InChI=1S/C11H26BNO3Si/c1-11(2,3)17(4,5)16-9-8(13)7(6-14)15-10(9)12/h7-10,14H,6,12-13H2,1-5H3/t7-,8?,9+,10-/m1/s1. The van der Waals surface area contributed by atoms with Crippen LogP contribution in [0, 0.1) is 0 Å². The first kappa shape index (κ1) is 15.2. The molecule has 100 valence electrons. The summed E-state index contributed by atoms with van der Waals surface area (Å²) in [6, 6.07) is -0.277. The van der Waals surface area contributed by atoms with E-state index >= 15 is 0 Å². The summed E-state index contributed by atoms with van der Waals surface area (Å²) in [6.07, 6.45) is -0.396. The molecule has 1 saturated heterocycles. The van der Waals surface area contributed by atoms with Crippen molar-refractivity contribution in [2.24, 2.45) is 5.73 Å². The number of aliphatic hydroxyl groups excluding tert-OH is 1. The van der Waals surface area contributed by atoms with Crippen molar-refractivity contribution < 1.29 is 14.3 Å². The summed E-state index contributed by atoms with van der Waals surface area (Å²) >= 11 is 0. The Kier molecular flexibility index (Phi) is 4.48. The van der Waals surface area contributed by atoms with Gasteiger partial charge in [0, 0.05) is 0 Å². The van der Waals surface area contributed by atoms with Crippen molar-refractivity contribution in [3.05, 3.63) is 0 Å². The van der Waals surface area contributed by atoms with Crippen LogP contribution >= 0.6 is 0 Å². The van der Waals surface area contributed by atoms with E-state index in [1.807, 2.05) is 7.85 Å². The highest BCUT2D eigenvalue weighted by Gasteiger charge is 2.46. The van der Waals surface area contributed by atoms with E-state index in [9.17, 15) is 5.11 Å². The van der Waals surface area contributed by atoms with Gasteiger partial charge >= 0.3 is 0 Å². The second-order valence-electron chi connectivity index (χ2n) is 6.48. The SMILES string of the molecule is B[C@@H]1O[C@H](CO)C(N)[C@@H]1O[Si](C)(C)C(C)(C)C. The molecular weight excluding hydrogens is 233 g/mol. The molecule has 0 bridgehead atoms. The monoisotopic (exact) mass is 259 g/mol. The van der Waals surface area contributed by atoms with Gasteiger partial charge in [-0.1, -0.05) is 20.8 Å². The molecule has 6 heteroatoms. The van der Waals surface area contributed by atoms with Crippen LogP contribution in [-0.2, 0) is 9.16 Å². The maximum absolute atomic E-state index is 9.18. The maximum Gasteiger partial charge on any atom is 0.192 e. The smallest absolute Gasteiger partial charge is 0.192 e. The van der Waals surface area contributed by atoms with Crippen molar-refractivity contribution in [1.29, 1.82) is 0 Å². The van der Waals surface area contributed by atoms with Crippen LogP contribution in [0.4, 0.5) is 0 Å². The van der Waals surface area contributed by atoms with Gasteiger partial charge in [-0.25, -0.2) is 0 Å². The topological polar surface area (TPSA) is 64.7 Å². The Labute approximate surface area is 106 Å². The first-order valence-corrected chi connectivity index (χ1v) is 9.20. The summed E-state index contributed by atoms with van der Waals surface area (Å²) in [7, 11) is 0.128. The molecule has 1 unspecified atom stereocenters. The zero-order chi connectivity index (χ0) is 13.4. The molecule has 17 heavy (non-hydrogen) atoms. The molecule has 4 nitrogen and oxygen atoms in total. The minimum absolute atomic E-state index is 0.0388. The summed E-state index contributed by atoms with van der Waals surface area (Å²) in [5.74, 6) is 0. The molecular formula is C11H26BNO3Si. The van der Waals surface area contributed by atoms with Crippen molar-refractivity contribution in [3.63, 3.8) is 0 Å². The minimum atomic E-state index is -1.84. The summed E-state index contributed by atoms with van der Waals surface area (Å²) in [5.41, 5.74) is 6.09. The summed E-state index contributed by atoms with van der Waals surface area (Å²) in [6.45, 7) is 11.0. The Hall–Kier alpha value is 0.122. The molecule has 0 saturated carbocycles. The zero-order valence-corrected chi connectivity index (χ0v) is 12.9. The largest absolute Gasteiger partial charge is 0.410 e. The fraction of sp³-hybridized carbons (Fsp3) is 1.00. The van der Waals surface area contributed by atoms with Gasteiger partial charge in [0.25, 0.3) is 0 Å². The molecule has 0 aromatic heterocycles. The molecule has 0 aromatic carbocycles. The zero-order valence-electron chi connectivity index (χ0n) is 11.9. The summed E-state index contributed by atoms with van der Waals surface area (Å²) < 4.78 is 11.9. The molecule has 1 fully saturated rings. The Morgan fingerprint density at radius 2 is 1.94 bits per heavy atom. The third-order valence-electron chi connectivity index (χ3n) is 4.08. The van der Waals surface area contributed by atoms with E-state index in [-0.39, 0.29) is 35.9 Å². The van der Waals surface area contributed by atoms with E-state index in [4.69, 9.17) is 14.9 Å². The van der Waals surface area contributed by atoms with Gasteiger partial charge in [-0.3, -0.25) is 0 Å². The second-order valence-corrected chi connectivity index (χ2v) is 11.2. The lowest BCUT2D eigenvalue weighted by atomic mass is 9.92. The van der Waals surface area contributed by atoms with Crippen molar-refractivity contribution in [3.8, 4) is 0 Å². The van der Waals surface area contributed by atoms with Crippen LogP contribution in [0.5, 0.6) is 0 Å². The van der Waals surface area contributed by atoms with Crippen LogP contribution in [-0.4, -0.2) is 52.1 Å². The Balaban J connectivity index is 2.75. The average molecular weight is 259 g/mol. The predicted molar refractivity (Wildman–Crippen MR) is 74.3 cm³/mol. The van der Waals surface area contributed by atoms with E-state index in [0.29, 0.717) is 0 Å². The summed E-state index contributed by atoms with van der Waals surface area (Å²) in [4.78, 5) is 0. The highest BCUT2D eigenvalue weighted by molar-refractivity contribution is 6.74. The van der Waals surface area contributed by atoms with E-state index < -0.39 is 8.32 Å². The van der Waals surface area contributed by atoms with Crippen molar-refractivity contribution in [2.75, 3.05) is 6.61 Å². The first-order valence-electron chi connectivity index (χ1n) is 6.30. The molecule has 0 amide bonds. The average Bonchev–Trinajstić information content (AvgIpc) is 2.43. The van der Waals surface area contributed by atoms with Crippen LogP contribution in [0.1, 0.15) is 20.8 Å². The first-order chi connectivity index (χ1) is 7.60. The van der Waals surface area contributed by atoms with Crippen LogP contribution in [0.3, 0.4) is 0 Å². The van der Waals surface area contributed by atoms with Crippen LogP contribution in [0.2, 0.25) is 18.1 Å². The molecule has 1 rings (SSSR count). The Bertz CT molecular complexity index is 270. The molecule has 1 heterocycles. The Morgan fingerprint density at radius 1 is 1.41 bits per heavy atom. The lowest BCUT2D eigenvalue weighted by molar-refractivity contribution is 0.0301. The molecule has 0 aromatic rings. The predicted octanol–water partition coefficient (Wildman–Crippen LogP) is 0.0544. The van der Waals surface area contributed by atoms with Gasteiger partial charge in [-0.15, -0.1) is 0 Å². The third kappa shape index (κ3) is 3.12. The highest BCUT2D eigenvalue weighted by Crippen LogP contribution is 2.39. The van der Waals surface area contributed by atoms with Gasteiger partial charge < -0.3 is 20.0 Å². The fourth-order valence-electron chi connectivity index (χ4n) is 1.82. The van der Waals surface area contributed by atoms with E-state index in [1.165, 1.54) is 0 Å². The molecule has 0 aliphatic carbocycles. The van der Waals surface area contributed by atoms with Crippen molar-refractivity contribution in [2.45, 2.75) is 63.2 Å². The maximum atomic E-state index is 9.18. The van der Waals surface area contributed by atoms with Gasteiger partial charge in [0.1, 0.15) is 7.85 Å². The number of hydrogen-bond donors (Lipinski definition) is 2. The number of rotatable bonds is 3. The molecule has 3 N–H and O–H groups in total. The molecule has 1 aliphatic rings. The van der Waals surface area contributed by atoms with E-state index in [2.05, 4.69) is 33.9 Å². The van der Waals surface area contributed by atoms with Gasteiger partial charge in [0.2, 0.25) is 0 Å². The van der Waals surface area contributed by atoms with Crippen molar-refractivity contribution >= 4 is 16.2 Å². The second kappa shape index (κ2) is 5.01. The number of ether oxygens (including phenoxy) is 1. The van der Waals surface area contributed by atoms with E-state index in [1.54, 1.807) is 0 Å². The Morgan fingerprint density at radius 3 is 2.29 bits per heavy atom. The molecule has 4 atom stereocenters. The molecule has 0 radical (unpaired) electrons. The van der Waals surface area contributed by atoms with Gasteiger partial charge in [-0.05, 0) is 18.1 Å². The molecule has 1 aliphatic heterocycles. The van der Waals surface area contributed by atoms with Crippen LogP contribution in [0.25, 0.3) is 0 Å². The quantitative estimate of drug-likeness (QED) is 0.703. The normalized spacial score (nSPS) is 35.2. The van der Waals surface area contributed by atoms with E-state index in [0.717, 1.165) is 0 Å². The number of hydrogen-bond acceptors (Lipinski definition) is 4. The highest BCUT2D eigenvalue weighted by atomic mass is 28.4. The van der Waals surface area contributed by atoms with Crippen LogP contribution in [0.15, 0.2) is 0 Å². The molecule has 0 spiro atoms. The van der Waals surface area contributed by atoms with Crippen LogP contribution < -0.4 is 5.73 Å². The fourth-order valence-corrected chi connectivity index (χ4v) is 3.21. The summed E-state index contributed by atoms with van der Waals surface area (Å²) in [5, 5.41) is 9.34. The van der Waals surface area contributed by atoms with Crippen molar-refractivity contribution in [1.82, 2.24) is 0 Å². The number of nitrogens with two attached hydrogens (primary N) is 1.